The third-order valence-corrected chi connectivity index (χ3v) is 6.41. The highest BCUT2D eigenvalue weighted by atomic mass is 16.5. The van der Waals surface area contributed by atoms with E-state index in [1.165, 1.54) is 18.3 Å². The molecule has 2 aromatic carbocycles. The number of aliphatic hydroxyl groups is 1. The van der Waals surface area contributed by atoms with Crippen molar-refractivity contribution >= 4 is 23.1 Å². The van der Waals surface area contributed by atoms with Gasteiger partial charge < -0.3 is 14.3 Å². The lowest BCUT2D eigenvalue weighted by Crippen LogP contribution is -2.30. The first kappa shape index (κ1) is 23.4. The molecule has 3 aromatic rings. The summed E-state index contributed by atoms with van der Waals surface area (Å²) in [6.07, 6.45) is 1.49. The van der Waals surface area contributed by atoms with E-state index in [2.05, 4.69) is 20.8 Å². The topological polar surface area (TPSA) is 80.0 Å². The van der Waals surface area contributed by atoms with E-state index >= 15 is 0 Å². The molecule has 2 heterocycles. The zero-order chi connectivity index (χ0) is 24.8. The van der Waals surface area contributed by atoms with Gasteiger partial charge in [-0.2, -0.15) is 0 Å². The van der Waals surface area contributed by atoms with E-state index in [0.29, 0.717) is 22.8 Å². The molecule has 1 aliphatic rings. The Kier molecular flexibility index (Phi) is 5.86. The number of aliphatic hydroxyl groups excluding tert-OH is 1. The summed E-state index contributed by atoms with van der Waals surface area (Å²) in [4.78, 5) is 28.2. The Bertz CT molecular complexity index is 1290. The Balaban J connectivity index is 2.00. The van der Waals surface area contributed by atoms with Gasteiger partial charge in [0, 0.05) is 5.69 Å². The summed E-state index contributed by atoms with van der Waals surface area (Å²) in [7, 11) is 1.50. The van der Waals surface area contributed by atoms with E-state index in [1.54, 1.807) is 30.3 Å². The molecule has 1 atom stereocenters. The molecule has 1 amide bonds. The van der Waals surface area contributed by atoms with Crippen LogP contribution in [-0.4, -0.2) is 23.9 Å². The average Bonchev–Trinajstić information content (AvgIpc) is 3.41. The molecule has 0 spiro atoms. The third kappa shape index (κ3) is 3.79. The molecule has 1 fully saturated rings. The maximum atomic E-state index is 13.4. The molecule has 6 nitrogen and oxygen atoms in total. The number of carbonyl (C=O) groups is 2. The number of ketones is 1. The Labute approximate surface area is 199 Å². The van der Waals surface area contributed by atoms with Gasteiger partial charge >= 0.3 is 0 Å². The van der Waals surface area contributed by atoms with E-state index in [9.17, 15) is 14.7 Å². The predicted octanol–water partition coefficient (Wildman–Crippen LogP) is 5.83. The lowest BCUT2D eigenvalue weighted by molar-refractivity contribution is -0.132. The van der Waals surface area contributed by atoms with Crippen LogP contribution in [0, 0.1) is 13.8 Å². The molecule has 176 valence electrons. The first-order valence-electron chi connectivity index (χ1n) is 11.2. The van der Waals surface area contributed by atoms with Crippen molar-refractivity contribution in [3.8, 4) is 5.75 Å². The molecule has 1 unspecified atom stereocenters. The van der Waals surface area contributed by atoms with Gasteiger partial charge in [-0.05, 0) is 66.3 Å². The first-order chi connectivity index (χ1) is 16.1. The van der Waals surface area contributed by atoms with Crippen LogP contribution in [0.2, 0.25) is 0 Å². The number of anilines is 1. The highest BCUT2D eigenvalue weighted by molar-refractivity contribution is 6.51. The van der Waals surface area contributed by atoms with E-state index in [4.69, 9.17) is 9.15 Å². The maximum absolute atomic E-state index is 13.4. The Morgan fingerprint density at radius 1 is 1.06 bits per heavy atom. The van der Waals surface area contributed by atoms with Crippen molar-refractivity contribution in [1.29, 1.82) is 0 Å². The fourth-order valence-electron chi connectivity index (χ4n) is 4.30. The number of Topliss-reactive ketones (excluding diaryl/α,β-unsaturated/α-hetero) is 1. The van der Waals surface area contributed by atoms with E-state index in [0.717, 1.165) is 16.7 Å². The summed E-state index contributed by atoms with van der Waals surface area (Å²) in [5.41, 5.74) is 3.51. The van der Waals surface area contributed by atoms with Crippen molar-refractivity contribution in [1.82, 2.24) is 0 Å². The standard InChI is InChI=1S/C28H29NO5/c1-16-9-7-10-20(17(16)2)29-24(22-11-8-14-34-22)23(26(31)27(29)32)25(30)19-15-18(28(3,4)5)12-13-21(19)33-6/h7-15,24,30H,1-6H3/b25-23+. The maximum Gasteiger partial charge on any atom is 0.300 e. The Morgan fingerprint density at radius 2 is 1.79 bits per heavy atom. The number of benzene rings is 2. The zero-order valence-corrected chi connectivity index (χ0v) is 20.3. The van der Waals surface area contributed by atoms with E-state index in [1.807, 2.05) is 32.0 Å². The van der Waals surface area contributed by atoms with Crippen LogP contribution in [-0.2, 0) is 15.0 Å². The van der Waals surface area contributed by atoms with Crippen molar-refractivity contribution in [3.05, 3.63) is 88.4 Å². The fraction of sp³-hybridized carbons (Fsp3) is 0.286. The van der Waals surface area contributed by atoms with Crippen molar-refractivity contribution in [3.63, 3.8) is 0 Å². The van der Waals surface area contributed by atoms with Crippen molar-refractivity contribution < 1.29 is 23.8 Å². The van der Waals surface area contributed by atoms with Crippen LogP contribution in [0.4, 0.5) is 5.69 Å². The largest absolute Gasteiger partial charge is 0.507 e. The first-order valence-corrected chi connectivity index (χ1v) is 11.2. The Hall–Kier alpha value is -3.80. The number of methoxy groups -OCH3 is 1. The van der Waals surface area contributed by atoms with Gasteiger partial charge in [-0.15, -0.1) is 0 Å². The average molecular weight is 460 g/mol. The van der Waals surface area contributed by atoms with Crippen LogP contribution in [0.3, 0.4) is 0 Å². The number of aryl methyl sites for hydroxylation is 1. The van der Waals surface area contributed by atoms with Crippen LogP contribution >= 0.6 is 0 Å². The van der Waals surface area contributed by atoms with Gasteiger partial charge in [-0.1, -0.05) is 39.0 Å². The molecule has 0 aliphatic carbocycles. The van der Waals surface area contributed by atoms with Gasteiger partial charge in [0.15, 0.2) is 0 Å². The van der Waals surface area contributed by atoms with Gasteiger partial charge in [0.05, 0.1) is 24.5 Å². The van der Waals surface area contributed by atoms with Crippen LogP contribution < -0.4 is 9.64 Å². The smallest absolute Gasteiger partial charge is 0.300 e. The summed E-state index contributed by atoms with van der Waals surface area (Å²) in [5.74, 6) is -1.00. The summed E-state index contributed by atoms with van der Waals surface area (Å²) in [5, 5.41) is 11.5. The molecule has 0 saturated carbocycles. The summed E-state index contributed by atoms with van der Waals surface area (Å²) < 4.78 is 11.2. The van der Waals surface area contributed by atoms with Gasteiger partial charge in [-0.3, -0.25) is 14.5 Å². The molecule has 1 aromatic heterocycles. The molecule has 34 heavy (non-hydrogen) atoms. The SMILES string of the molecule is COc1ccc(C(C)(C)C)cc1/C(O)=C1\C(=O)C(=O)N(c2cccc(C)c2C)C1c1ccco1. The second-order valence-corrected chi connectivity index (χ2v) is 9.57. The normalized spacial score (nSPS) is 17.9. The molecule has 0 bridgehead atoms. The minimum absolute atomic E-state index is 0.0368. The summed E-state index contributed by atoms with van der Waals surface area (Å²) in [6.45, 7) is 10.0. The number of rotatable bonds is 4. The van der Waals surface area contributed by atoms with Crippen molar-refractivity contribution in [2.45, 2.75) is 46.1 Å². The number of carbonyl (C=O) groups excluding carboxylic acids is 2. The lowest BCUT2D eigenvalue weighted by atomic mass is 9.85. The van der Waals surface area contributed by atoms with Crippen molar-refractivity contribution in [2.24, 2.45) is 0 Å². The van der Waals surface area contributed by atoms with Crippen LogP contribution in [0.1, 0.15) is 54.8 Å². The van der Waals surface area contributed by atoms with Crippen molar-refractivity contribution in [2.75, 3.05) is 12.0 Å². The number of nitrogens with zero attached hydrogens (tertiary/aromatic N) is 1. The number of hydrogen-bond donors (Lipinski definition) is 1. The second kappa shape index (κ2) is 8.52. The third-order valence-electron chi connectivity index (χ3n) is 6.41. The van der Waals surface area contributed by atoms with Gasteiger partial charge in [0.1, 0.15) is 23.3 Å². The number of amides is 1. The predicted molar refractivity (Wildman–Crippen MR) is 131 cm³/mol. The molecule has 0 radical (unpaired) electrons. The van der Waals surface area contributed by atoms with E-state index in [-0.39, 0.29) is 16.7 Å². The molecule has 1 aliphatic heterocycles. The van der Waals surface area contributed by atoms with Crippen LogP contribution in [0.25, 0.3) is 5.76 Å². The van der Waals surface area contributed by atoms with E-state index < -0.39 is 17.7 Å². The molecule has 4 rings (SSSR count). The number of furan rings is 1. The fourth-order valence-corrected chi connectivity index (χ4v) is 4.30. The van der Waals surface area contributed by atoms with Gasteiger partial charge in [-0.25, -0.2) is 0 Å². The highest BCUT2D eigenvalue weighted by Gasteiger charge is 2.49. The molecular weight excluding hydrogens is 430 g/mol. The van der Waals surface area contributed by atoms with Crippen LogP contribution in [0.15, 0.2) is 64.8 Å². The molecule has 6 heteroatoms. The minimum Gasteiger partial charge on any atom is -0.507 e. The second-order valence-electron chi connectivity index (χ2n) is 9.57. The summed E-state index contributed by atoms with van der Waals surface area (Å²) in [6, 6.07) is 13.5. The molecular formula is C28H29NO5. The molecule has 1 N–H and O–H groups in total. The van der Waals surface area contributed by atoms with Gasteiger partial charge in [0.2, 0.25) is 0 Å². The van der Waals surface area contributed by atoms with Crippen LogP contribution in [0.5, 0.6) is 5.75 Å². The minimum atomic E-state index is -0.918. The lowest BCUT2D eigenvalue weighted by Gasteiger charge is -2.26. The van der Waals surface area contributed by atoms with Gasteiger partial charge in [0.25, 0.3) is 11.7 Å². The number of hydrogen-bond acceptors (Lipinski definition) is 5. The highest BCUT2D eigenvalue weighted by Crippen LogP contribution is 2.45. The zero-order valence-electron chi connectivity index (χ0n) is 20.3. The monoisotopic (exact) mass is 459 g/mol. The molecule has 1 saturated heterocycles. The number of ether oxygens (including phenoxy) is 1. The Morgan fingerprint density at radius 3 is 2.41 bits per heavy atom. The quantitative estimate of drug-likeness (QED) is 0.302. The summed E-state index contributed by atoms with van der Waals surface area (Å²) >= 11 is 0.